The molecule has 0 amide bonds. The van der Waals surface area contributed by atoms with Gasteiger partial charge >= 0.3 is 0 Å². The molecular weight excluding hydrogens is 277 g/mol. The van der Waals surface area contributed by atoms with E-state index in [0.29, 0.717) is 17.2 Å². The van der Waals surface area contributed by atoms with Crippen LogP contribution in [0.15, 0.2) is 36.4 Å². The van der Waals surface area contributed by atoms with E-state index in [2.05, 4.69) is 0 Å². The lowest BCUT2D eigenvalue weighted by Gasteiger charge is -2.31. The molecule has 2 nitrogen and oxygen atoms in total. The van der Waals surface area contributed by atoms with Gasteiger partial charge in [0.05, 0.1) is 0 Å². The molecule has 0 saturated carbocycles. The summed E-state index contributed by atoms with van der Waals surface area (Å²) in [5, 5.41) is 0.703. The first kappa shape index (κ1) is 13.4. The van der Waals surface area contributed by atoms with Gasteiger partial charge in [0.1, 0.15) is 17.7 Å². The Morgan fingerprint density at radius 3 is 2.75 bits per heavy atom. The highest BCUT2D eigenvalue weighted by Crippen LogP contribution is 2.40. The van der Waals surface area contributed by atoms with Crippen molar-refractivity contribution in [2.75, 3.05) is 0 Å². The molecule has 0 saturated heterocycles. The SMILES string of the molecule is Cc1cc(Cl)ccc1C1CC(N)c2cc(F)ccc2O1. The summed E-state index contributed by atoms with van der Waals surface area (Å²) in [6, 6.07) is 9.97. The van der Waals surface area contributed by atoms with Crippen molar-refractivity contribution < 1.29 is 9.13 Å². The van der Waals surface area contributed by atoms with Crippen molar-refractivity contribution in [1.82, 2.24) is 0 Å². The van der Waals surface area contributed by atoms with E-state index in [1.165, 1.54) is 12.1 Å². The normalized spacial score (nSPS) is 21.2. The first-order chi connectivity index (χ1) is 9.54. The van der Waals surface area contributed by atoms with Gasteiger partial charge in [-0.1, -0.05) is 17.7 Å². The summed E-state index contributed by atoms with van der Waals surface area (Å²) in [4.78, 5) is 0. The predicted molar refractivity (Wildman–Crippen MR) is 77.5 cm³/mol. The van der Waals surface area contributed by atoms with Crippen molar-refractivity contribution in [3.8, 4) is 5.75 Å². The highest BCUT2D eigenvalue weighted by Gasteiger charge is 2.28. The number of aryl methyl sites for hydroxylation is 1. The zero-order chi connectivity index (χ0) is 14.3. The number of hydrogen-bond donors (Lipinski definition) is 1. The molecular formula is C16H15ClFNO. The second kappa shape index (κ2) is 5.08. The topological polar surface area (TPSA) is 35.2 Å². The summed E-state index contributed by atoms with van der Waals surface area (Å²) >= 11 is 5.98. The third-order valence-corrected chi connectivity index (χ3v) is 3.92. The van der Waals surface area contributed by atoms with Crippen molar-refractivity contribution >= 4 is 11.6 Å². The highest BCUT2D eigenvalue weighted by atomic mass is 35.5. The van der Waals surface area contributed by atoms with E-state index in [1.54, 1.807) is 6.07 Å². The minimum absolute atomic E-state index is 0.125. The fourth-order valence-corrected chi connectivity index (χ4v) is 2.89. The van der Waals surface area contributed by atoms with Gasteiger partial charge in [0, 0.05) is 23.0 Å². The molecule has 2 unspecified atom stereocenters. The average Bonchev–Trinajstić information content (AvgIpc) is 2.39. The predicted octanol–water partition coefficient (Wildman–Crippen LogP) is 4.31. The lowest BCUT2D eigenvalue weighted by molar-refractivity contribution is 0.160. The van der Waals surface area contributed by atoms with Crippen LogP contribution in [0.2, 0.25) is 5.02 Å². The quantitative estimate of drug-likeness (QED) is 0.849. The second-order valence-electron chi connectivity index (χ2n) is 5.13. The van der Waals surface area contributed by atoms with Crippen molar-refractivity contribution in [2.45, 2.75) is 25.5 Å². The largest absolute Gasteiger partial charge is 0.485 e. The number of fused-ring (bicyclic) bond motifs is 1. The summed E-state index contributed by atoms with van der Waals surface area (Å²) in [6.45, 7) is 2.00. The van der Waals surface area contributed by atoms with E-state index >= 15 is 0 Å². The molecule has 104 valence electrons. The van der Waals surface area contributed by atoms with Gasteiger partial charge in [0.15, 0.2) is 0 Å². The molecule has 1 aliphatic heterocycles. The summed E-state index contributed by atoms with van der Waals surface area (Å²) in [6.07, 6.45) is 0.499. The summed E-state index contributed by atoms with van der Waals surface area (Å²) in [5.74, 6) is 0.369. The molecule has 0 aliphatic carbocycles. The Balaban J connectivity index is 1.97. The lowest BCUT2D eigenvalue weighted by Crippen LogP contribution is -2.24. The number of rotatable bonds is 1. The van der Waals surface area contributed by atoms with Crippen LogP contribution in [0, 0.1) is 12.7 Å². The van der Waals surface area contributed by atoms with E-state index in [0.717, 1.165) is 16.7 Å². The van der Waals surface area contributed by atoms with Gasteiger partial charge < -0.3 is 10.5 Å². The first-order valence-electron chi connectivity index (χ1n) is 6.52. The molecule has 20 heavy (non-hydrogen) atoms. The molecule has 0 bridgehead atoms. The second-order valence-corrected chi connectivity index (χ2v) is 5.57. The Bertz CT molecular complexity index is 659. The molecule has 1 aliphatic rings. The Morgan fingerprint density at radius 2 is 2.00 bits per heavy atom. The average molecular weight is 292 g/mol. The molecule has 2 aromatic carbocycles. The zero-order valence-electron chi connectivity index (χ0n) is 11.1. The number of nitrogens with two attached hydrogens (primary N) is 1. The monoisotopic (exact) mass is 291 g/mol. The first-order valence-corrected chi connectivity index (χ1v) is 6.90. The molecule has 4 heteroatoms. The van der Waals surface area contributed by atoms with Gasteiger partial charge in [0.25, 0.3) is 0 Å². The third-order valence-electron chi connectivity index (χ3n) is 3.69. The number of benzene rings is 2. The Hall–Kier alpha value is -1.58. The van der Waals surface area contributed by atoms with E-state index < -0.39 is 0 Å². The van der Waals surface area contributed by atoms with Crippen LogP contribution in [-0.4, -0.2) is 0 Å². The van der Waals surface area contributed by atoms with E-state index in [4.69, 9.17) is 22.1 Å². The lowest BCUT2D eigenvalue weighted by atomic mass is 9.91. The molecule has 0 aromatic heterocycles. The maximum Gasteiger partial charge on any atom is 0.126 e. The molecule has 0 radical (unpaired) electrons. The van der Waals surface area contributed by atoms with Crippen molar-refractivity contribution in [3.63, 3.8) is 0 Å². The van der Waals surface area contributed by atoms with Crippen LogP contribution in [0.5, 0.6) is 5.75 Å². The Morgan fingerprint density at radius 1 is 1.20 bits per heavy atom. The van der Waals surface area contributed by atoms with Crippen molar-refractivity contribution in [3.05, 3.63) is 63.9 Å². The molecule has 2 N–H and O–H groups in total. The van der Waals surface area contributed by atoms with Gasteiger partial charge in [-0.05, 0) is 48.4 Å². The van der Waals surface area contributed by atoms with Gasteiger partial charge in [-0.15, -0.1) is 0 Å². The van der Waals surface area contributed by atoms with Crippen molar-refractivity contribution in [2.24, 2.45) is 5.73 Å². The zero-order valence-corrected chi connectivity index (χ0v) is 11.8. The summed E-state index contributed by atoms with van der Waals surface area (Å²) < 4.78 is 19.2. The van der Waals surface area contributed by atoms with Crippen LogP contribution in [-0.2, 0) is 0 Å². The molecule has 0 spiro atoms. The number of hydrogen-bond acceptors (Lipinski definition) is 2. The third kappa shape index (κ3) is 2.39. The van der Waals surface area contributed by atoms with Crippen LogP contribution >= 0.6 is 11.6 Å². The maximum absolute atomic E-state index is 13.3. The molecule has 0 fully saturated rings. The number of halogens is 2. The molecule has 1 heterocycles. The molecule has 2 atom stereocenters. The fourth-order valence-electron chi connectivity index (χ4n) is 2.67. The van der Waals surface area contributed by atoms with E-state index in [9.17, 15) is 4.39 Å². The standard InChI is InChI=1S/C16H15ClFNO/c1-9-6-10(17)2-4-12(9)16-8-14(19)13-7-11(18)3-5-15(13)20-16/h2-7,14,16H,8,19H2,1H3. The highest BCUT2D eigenvalue weighted by molar-refractivity contribution is 6.30. The molecule has 3 rings (SSSR count). The van der Waals surface area contributed by atoms with Crippen LogP contribution in [0.25, 0.3) is 0 Å². The summed E-state index contributed by atoms with van der Waals surface area (Å²) in [5.41, 5.74) is 9.02. The Labute approximate surface area is 122 Å². The fraction of sp³-hybridized carbons (Fsp3) is 0.250. The van der Waals surface area contributed by atoms with Crippen LogP contribution in [0.3, 0.4) is 0 Å². The van der Waals surface area contributed by atoms with E-state index in [-0.39, 0.29) is 18.0 Å². The number of ether oxygens (including phenoxy) is 1. The van der Waals surface area contributed by atoms with E-state index in [1.807, 2.05) is 25.1 Å². The van der Waals surface area contributed by atoms with Gasteiger partial charge in [-0.2, -0.15) is 0 Å². The van der Waals surface area contributed by atoms with Gasteiger partial charge in [0.2, 0.25) is 0 Å². The molecule has 2 aromatic rings. The Kier molecular flexibility index (Phi) is 3.40. The summed E-state index contributed by atoms with van der Waals surface area (Å²) in [7, 11) is 0. The minimum Gasteiger partial charge on any atom is -0.485 e. The maximum atomic E-state index is 13.3. The smallest absolute Gasteiger partial charge is 0.126 e. The minimum atomic E-state index is -0.288. The van der Waals surface area contributed by atoms with Crippen molar-refractivity contribution in [1.29, 1.82) is 0 Å². The van der Waals surface area contributed by atoms with Crippen LogP contribution < -0.4 is 10.5 Å². The van der Waals surface area contributed by atoms with Crippen LogP contribution in [0.1, 0.15) is 35.3 Å². The van der Waals surface area contributed by atoms with Crippen LogP contribution in [0.4, 0.5) is 4.39 Å². The van der Waals surface area contributed by atoms with Gasteiger partial charge in [-0.3, -0.25) is 0 Å². The van der Waals surface area contributed by atoms with Gasteiger partial charge in [-0.25, -0.2) is 4.39 Å².